The molecule has 1 amide bonds. The fraction of sp³-hybridized carbons (Fsp3) is 0.160. The van der Waals surface area contributed by atoms with Crippen molar-refractivity contribution in [1.29, 1.82) is 0 Å². The molecule has 2 heterocycles. The summed E-state index contributed by atoms with van der Waals surface area (Å²) in [5, 5.41) is 3.03. The lowest BCUT2D eigenvalue weighted by atomic mass is 10.2. The number of nitrogens with zero attached hydrogens (tertiary/aromatic N) is 3. The van der Waals surface area contributed by atoms with Gasteiger partial charge in [0, 0.05) is 22.9 Å². The van der Waals surface area contributed by atoms with Crippen LogP contribution >= 0.6 is 11.8 Å². The van der Waals surface area contributed by atoms with E-state index in [0.29, 0.717) is 12.1 Å². The van der Waals surface area contributed by atoms with Crippen LogP contribution in [0.1, 0.15) is 6.42 Å². The molecule has 0 unspecified atom stereocenters. The highest BCUT2D eigenvalue weighted by atomic mass is 32.2. The molecule has 0 saturated carbocycles. The Morgan fingerprint density at radius 1 is 1.00 bits per heavy atom. The maximum absolute atomic E-state index is 13.5. The van der Waals surface area contributed by atoms with E-state index in [1.165, 1.54) is 32.8 Å². The first-order chi connectivity index (χ1) is 16.1. The second kappa shape index (κ2) is 9.07. The van der Waals surface area contributed by atoms with Crippen LogP contribution in [0.5, 0.6) is 0 Å². The molecular formula is C25H21FN4O2S. The molecule has 33 heavy (non-hydrogen) atoms. The van der Waals surface area contributed by atoms with E-state index in [2.05, 4.69) is 39.5 Å². The Balaban J connectivity index is 1.22. The molecule has 1 aromatic heterocycles. The molecule has 4 aromatic rings. The van der Waals surface area contributed by atoms with Crippen molar-refractivity contribution in [1.82, 2.24) is 14.9 Å². The molecule has 0 aliphatic carbocycles. The van der Waals surface area contributed by atoms with Crippen LogP contribution in [0, 0.1) is 5.82 Å². The standard InChI is InChI=1S/C25H21FN4O2S/c26-17-10-11-19-18(14-17)25(32)29(16-28-19)15-24(31)27-12-5-13-30-20-6-1-3-8-22(20)33-23-9-4-2-7-21(23)30/h1-4,6-11,14,16H,5,12-13,15H2,(H,27,31). The monoisotopic (exact) mass is 460 g/mol. The smallest absolute Gasteiger partial charge is 0.261 e. The van der Waals surface area contributed by atoms with Gasteiger partial charge >= 0.3 is 0 Å². The maximum Gasteiger partial charge on any atom is 0.261 e. The Labute approximate surface area is 194 Å². The average molecular weight is 461 g/mol. The van der Waals surface area contributed by atoms with Crippen LogP contribution in [-0.4, -0.2) is 28.5 Å². The van der Waals surface area contributed by atoms with Crippen LogP contribution in [0.2, 0.25) is 0 Å². The Kier molecular flexibility index (Phi) is 5.83. The van der Waals surface area contributed by atoms with E-state index in [9.17, 15) is 14.0 Å². The number of hydrogen-bond acceptors (Lipinski definition) is 5. The Hall–Kier alpha value is -3.65. The zero-order valence-corrected chi connectivity index (χ0v) is 18.5. The van der Waals surface area contributed by atoms with Crippen LogP contribution in [0.25, 0.3) is 10.9 Å². The van der Waals surface area contributed by atoms with E-state index in [4.69, 9.17) is 0 Å². The van der Waals surface area contributed by atoms with E-state index in [1.54, 1.807) is 11.8 Å². The van der Waals surface area contributed by atoms with Gasteiger partial charge in [-0.05, 0) is 48.9 Å². The normalized spacial score (nSPS) is 12.3. The highest BCUT2D eigenvalue weighted by molar-refractivity contribution is 7.99. The van der Waals surface area contributed by atoms with E-state index in [1.807, 2.05) is 24.3 Å². The number of rotatable bonds is 6. The van der Waals surface area contributed by atoms with Gasteiger partial charge in [0.2, 0.25) is 5.91 Å². The quantitative estimate of drug-likeness (QED) is 0.434. The van der Waals surface area contributed by atoms with Gasteiger partial charge in [-0.2, -0.15) is 0 Å². The van der Waals surface area contributed by atoms with Crippen LogP contribution in [0.3, 0.4) is 0 Å². The first kappa shape index (κ1) is 21.2. The number of amides is 1. The van der Waals surface area contributed by atoms with Crippen molar-refractivity contribution in [2.45, 2.75) is 22.8 Å². The van der Waals surface area contributed by atoms with E-state index in [0.717, 1.165) is 30.4 Å². The second-order valence-electron chi connectivity index (χ2n) is 7.73. The summed E-state index contributed by atoms with van der Waals surface area (Å²) in [5.74, 6) is -0.799. The maximum atomic E-state index is 13.5. The van der Waals surface area contributed by atoms with Gasteiger partial charge in [-0.3, -0.25) is 14.2 Å². The minimum atomic E-state index is -0.511. The molecule has 0 bridgehead atoms. The van der Waals surface area contributed by atoms with Gasteiger partial charge in [0.05, 0.1) is 28.6 Å². The van der Waals surface area contributed by atoms with Crippen LogP contribution in [-0.2, 0) is 11.3 Å². The second-order valence-corrected chi connectivity index (χ2v) is 8.82. The molecule has 0 saturated heterocycles. The van der Waals surface area contributed by atoms with Gasteiger partial charge in [0.25, 0.3) is 5.56 Å². The van der Waals surface area contributed by atoms with E-state index in [-0.39, 0.29) is 17.8 Å². The van der Waals surface area contributed by atoms with Gasteiger partial charge in [-0.15, -0.1) is 0 Å². The fourth-order valence-corrected chi connectivity index (χ4v) is 5.04. The summed E-state index contributed by atoms with van der Waals surface area (Å²) in [6.07, 6.45) is 2.05. The van der Waals surface area contributed by atoms with Crippen molar-refractivity contribution in [3.8, 4) is 0 Å². The van der Waals surface area contributed by atoms with Crippen LogP contribution in [0.15, 0.2) is 87.6 Å². The molecule has 6 nitrogen and oxygen atoms in total. The van der Waals surface area contributed by atoms with Gasteiger partial charge in [0.15, 0.2) is 0 Å². The minimum absolute atomic E-state index is 0.158. The molecule has 5 rings (SSSR count). The predicted molar refractivity (Wildman–Crippen MR) is 128 cm³/mol. The number of fused-ring (bicyclic) bond motifs is 3. The number of anilines is 2. The van der Waals surface area contributed by atoms with Crippen molar-refractivity contribution in [3.63, 3.8) is 0 Å². The van der Waals surface area contributed by atoms with Crippen molar-refractivity contribution in [2.75, 3.05) is 18.0 Å². The molecule has 1 aliphatic heterocycles. The lowest BCUT2D eigenvalue weighted by Gasteiger charge is -2.32. The summed E-state index contributed by atoms with van der Waals surface area (Å²) in [6.45, 7) is 1.05. The zero-order valence-electron chi connectivity index (χ0n) is 17.7. The van der Waals surface area contributed by atoms with Crippen LogP contribution < -0.4 is 15.8 Å². The summed E-state index contributed by atoms with van der Waals surface area (Å²) in [7, 11) is 0. The Morgan fingerprint density at radius 2 is 1.70 bits per heavy atom. The highest BCUT2D eigenvalue weighted by Gasteiger charge is 2.22. The SMILES string of the molecule is O=C(Cn1cnc2ccc(F)cc2c1=O)NCCCN1c2ccccc2Sc2ccccc21. The van der Waals surface area contributed by atoms with Crippen molar-refractivity contribution >= 4 is 39.9 Å². The number of nitrogens with one attached hydrogen (secondary N) is 1. The topological polar surface area (TPSA) is 67.2 Å². The molecule has 0 atom stereocenters. The first-order valence-electron chi connectivity index (χ1n) is 10.6. The van der Waals surface area contributed by atoms with Gasteiger partial charge in [0.1, 0.15) is 12.4 Å². The molecule has 0 radical (unpaired) electrons. The predicted octanol–water partition coefficient (Wildman–Crippen LogP) is 4.34. The third-order valence-electron chi connectivity index (χ3n) is 5.51. The van der Waals surface area contributed by atoms with Crippen LogP contribution in [0.4, 0.5) is 15.8 Å². The third-order valence-corrected chi connectivity index (χ3v) is 6.64. The number of carbonyl (C=O) groups is 1. The Bertz CT molecular complexity index is 1360. The number of carbonyl (C=O) groups excluding carboxylic acids is 1. The molecule has 8 heteroatoms. The van der Waals surface area contributed by atoms with Crippen molar-refractivity contribution < 1.29 is 9.18 Å². The molecule has 166 valence electrons. The number of para-hydroxylation sites is 2. The fourth-order valence-electron chi connectivity index (χ4n) is 3.94. The third kappa shape index (κ3) is 4.34. The largest absolute Gasteiger partial charge is 0.354 e. The van der Waals surface area contributed by atoms with Gasteiger partial charge < -0.3 is 10.2 Å². The molecule has 1 N–H and O–H groups in total. The number of benzene rings is 3. The molecule has 0 fully saturated rings. The highest BCUT2D eigenvalue weighted by Crippen LogP contribution is 2.47. The van der Waals surface area contributed by atoms with Crippen molar-refractivity contribution in [2.24, 2.45) is 0 Å². The van der Waals surface area contributed by atoms with Gasteiger partial charge in [-0.25, -0.2) is 9.37 Å². The molecular weight excluding hydrogens is 439 g/mol. The summed E-state index contributed by atoms with van der Waals surface area (Å²) in [6, 6.07) is 20.4. The lowest BCUT2D eigenvalue weighted by molar-refractivity contribution is -0.121. The van der Waals surface area contributed by atoms with E-state index < -0.39 is 11.4 Å². The zero-order chi connectivity index (χ0) is 22.8. The average Bonchev–Trinajstić information content (AvgIpc) is 2.83. The molecule has 1 aliphatic rings. The number of halogens is 1. The Morgan fingerprint density at radius 3 is 2.42 bits per heavy atom. The first-order valence-corrected chi connectivity index (χ1v) is 11.5. The summed E-state index contributed by atoms with van der Waals surface area (Å²) < 4.78 is 14.7. The summed E-state index contributed by atoms with van der Waals surface area (Å²) in [5.41, 5.74) is 2.29. The molecule has 3 aromatic carbocycles. The lowest BCUT2D eigenvalue weighted by Crippen LogP contribution is -2.34. The number of aromatic nitrogens is 2. The summed E-state index contributed by atoms with van der Waals surface area (Å²) >= 11 is 1.76. The van der Waals surface area contributed by atoms with Gasteiger partial charge in [-0.1, -0.05) is 36.0 Å². The summed E-state index contributed by atoms with van der Waals surface area (Å²) in [4.78, 5) is 33.8. The van der Waals surface area contributed by atoms with Crippen molar-refractivity contribution in [3.05, 3.63) is 89.2 Å². The molecule has 0 spiro atoms. The van der Waals surface area contributed by atoms with E-state index >= 15 is 0 Å². The minimum Gasteiger partial charge on any atom is -0.354 e. The number of hydrogen-bond donors (Lipinski definition) is 1.